The maximum absolute atomic E-state index is 12.5. The summed E-state index contributed by atoms with van der Waals surface area (Å²) in [4.78, 5) is 12.3. The topological polar surface area (TPSA) is 66.5 Å². The van der Waals surface area contributed by atoms with E-state index in [1.54, 1.807) is 16.4 Å². The lowest BCUT2D eigenvalue weighted by molar-refractivity contribution is -0.121. The van der Waals surface area contributed by atoms with Crippen LogP contribution in [0.2, 0.25) is 0 Å². The number of benzene rings is 1. The minimum atomic E-state index is -3.36. The molecule has 0 radical (unpaired) electrons. The largest absolute Gasteiger partial charge is 0.353 e. The van der Waals surface area contributed by atoms with Gasteiger partial charge in [-0.2, -0.15) is 4.31 Å². The van der Waals surface area contributed by atoms with Crippen molar-refractivity contribution in [2.24, 2.45) is 0 Å². The molecule has 1 fully saturated rings. The summed E-state index contributed by atoms with van der Waals surface area (Å²) >= 11 is 0. The molecule has 134 valence electrons. The van der Waals surface area contributed by atoms with Crippen LogP contribution in [-0.2, 0) is 21.2 Å². The number of sulfonamides is 1. The second kappa shape index (κ2) is 8.62. The van der Waals surface area contributed by atoms with Gasteiger partial charge in [-0.1, -0.05) is 26.0 Å². The predicted molar refractivity (Wildman–Crippen MR) is 95.3 cm³/mol. The van der Waals surface area contributed by atoms with Gasteiger partial charge in [0.05, 0.1) is 4.90 Å². The summed E-state index contributed by atoms with van der Waals surface area (Å²) in [5.74, 6) is 0.0532. The highest BCUT2D eigenvalue weighted by Gasteiger charge is 2.26. The Morgan fingerprint density at radius 2 is 1.71 bits per heavy atom. The van der Waals surface area contributed by atoms with Crippen molar-refractivity contribution in [3.63, 3.8) is 0 Å². The molecule has 1 heterocycles. The van der Waals surface area contributed by atoms with Crippen LogP contribution in [0.15, 0.2) is 29.2 Å². The van der Waals surface area contributed by atoms with Gasteiger partial charge in [0, 0.05) is 25.6 Å². The van der Waals surface area contributed by atoms with Gasteiger partial charge < -0.3 is 5.32 Å². The zero-order valence-corrected chi connectivity index (χ0v) is 15.4. The molecular formula is C18H28N2O3S. The Balaban J connectivity index is 1.91. The van der Waals surface area contributed by atoms with E-state index in [9.17, 15) is 13.2 Å². The van der Waals surface area contributed by atoms with E-state index >= 15 is 0 Å². The first-order chi connectivity index (χ1) is 11.5. The quantitative estimate of drug-likeness (QED) is 0.782. The molecule has 1 saturated heterocycles. The molecule has 24 heavy (non-hydrogen) atoms. The highest BCUT2D eigenvalue weighted by Crippen LogP contribution is 2.21. The van der Waals surface area contributed by atoms with Crippen LogP contribution in [0.5, 0.6) is 0 Å². The van der Waals surface area contributed by atoms with Crippen LogP contribution in [0.1, 0.15) is 51.5 Å². The van der Waals surface area contributed by atoms with Gasteiger partial charge in [0.25, 0.3) is 0 Å². The predicted octanol–water partition coefficient (Wildman–Crippen LogP) is 2.71. The minimum absolute atomic E-state index is 0.0532. The molecule has 0 atom stereocenters. The summed E-state index contributed by atoms with van der Waals surface area (Å²) in [6, 6.07) is 7.18. The Bertz CT molecular complexity index is 631. The van der Waals surface area contributed by atoms with Crippen LogP contribution in [0.4, 0.5) is 0 Å². The lowest BCUT2D eigenvalue weighted by Crippen LogP contribution is -2.33. The Kier molecular flexibility index (Phi) is 6.80. The van der Waals surface area contributed by atoms with Gasteiger partial charge in [-0.15, -0.1) is 0 Å². The molecular weight excluding hydrogens is 324 g/mol. The first-order valence-corrected chi connectivity index (χ1v) is 10.3. The van der Waals surface area contributed by atoms with Crippen molar-refractivity contribution in [2.75, 3.05) is 13.1 Å². The van der Waals surface area contributed by atoms with Crippen molar-refractivity contribution in [1.29, 1.82) is 0 Å². The molecule has 5 nitrogen and oxygen atoms in total. The number of hydrogen-bond acceptors (Lipinski definition) is 3. The van der Waals surface area contributed by atoms with Crippen molar-refractivity contribution < 1.29 is 13.2 Å². The molecule has 0 spiro atoms. The lowest BCUT2D eigenvalue weighted by Gasteiger charge is -2.16. The van der Waals surface area contributed by atoms with Gasteiger partial charge in [-0.25, -0.2) is 8.42 Å². The summed E-state index contributed by atoms with van der Waals surface area (Å²) in [5, 5.41) is 3.02. The van der Waals surface area contributed by atoms with E-state index in [2.05, 4.69) is 19.2 Å². The number of nitrogens with one attached hydrogen (secondary N) is 1. The number of amides is 1. The Hall–Kier alpha value is -1.40. The smallest absolute Gasteiger partial charge is 0.243 e. The third-order valence-corrected chi connectivity index (χ3v) is 6.53. The second-order valence-corrected chi connectivity index (χ2v) is 8.27. The number of rotatable bonds is 8. The van der Waals surface area contributed by atoms with Crippen LogP contribution in [0.25, 0.3) is 0 Å². The number of hydrogen-bond donors (Lipinski definition) is 1. The van der Waals surface area contributed by atoms with Gasteiger partial charge in [0.15, 0.2) is 0 Å². The average Bonchev–Trinajstić information content (AvgIpc) is 3.13. The zero-order valence-electron chi connectivity index (χ0n) is 14.6. The molecule has 1 aliphatic heterocycles. The summed E-state index contributed by atoms with van der Waals surface area (Å²) < 4.78 is 26.5. The molecule has 1 amide bonds. The van der Waals surface area contributed by atoms with Crippen LogP contribution >= 0.6 is 0 Å². The Labute approximate surface area is 145 Å². The average molecular weight is 353 g/mol. The third kappa shape index (κ3) is 4.80. The number of carbonyl (C=O) groups excluding carboxylic acids is 1. The molecule has 0 saturated carbocycles. The van der Waals surface area contributed by atoms with Crippen molar-refractivity contribution in [1.82, 2.24) is 9.62 Å². The molecule has 2 rings (SSSR count). The van der Waals surface area contributed by atoms with Gasteiger partial charge in [-0.3, -0.25) is 4.79 Å². The molecule has 1 aromatic rings. The fourth-order valence-electron chi connectivity index (χ4n) is 2.96. The third-order valence-electron chi connectivity index (χ3n) is 4.62. The van der Waals surface area contributed by atoms with Crippen LogP contribution in [-0.4, -0.2) is 37.8 Å². The summed E-state index contributed by atoms with van der Waals surface area (Å²) in [7, 11) is -3.36. The van der Waals surface area contributed by atoms with Crippen molar-refractivity contribution in [3.05, 3.63) is 29.8 Å². The lowest BCUT2D eigenvalue weighted by atomic mass is 10.1. The minimum Gasteiger partial charge on any atom is -0.353 e. The van der Waals surface area contributed by atoms with Crippen molar-refractivity contribution >= 4 is 15.9 Å². The molecule has 0 aromatic heterocycles. The Morgan fingerprint density at radius 3 is 2.25 bits per heavy atom. The maximum Gasteiger partial charge on any atom is 0.243 e. The summed E-state index contributed by atoms with van der Waals surface area (Å²) in [5.41, 5.74) is 0.982. The van der Waals surface area contributed by atoms with Gasteiger partial charge in [0.2, 0.25) is 15.9 Å². The number of nitrogens with zero attached hydrogens (tertiary/aromatic N) is 1. The first-order valence-electron chi connectivity index (χ1n) is 8.85. The fourth-order valence-corrected chi connectivity index (χ4v) is 4.47. The van der Waals surface area contributed by atoms with Crippen LogP contribution in [0.3, 0.4) is 0 Å². The van der Waals surface area contributed by atoms with E-state index in [0.29, 0.717) is 30.8 Å². The molecule has 0 unspecified atom stereocenters. The zero-order chi connectivity index (χ0) is 17.6. The highest BCUT2D eigenvalue weighted by molar-refractivity contribution is 7.89. The van der Waals surface area contributed by atoms with Crippen LogP contribution < -0.4 is 5.32 Å². The van der Waals surface area contributed by atoms with E-state index in [0.717, 1.165) is 31.2 Å². The monoisotopic (exact) mass is 352 g/mol. The van der Waals surface area contributed by atoms with E-state index < -0.39 is 10.0 Å². The van der Waals surface area contributed by atoms with Crippen LogP contribution in [0, 0.1) is 0 Å². The molecule has 1 aliphatic rings. The molecule has 1 aromatic carbocycles. The van der Waals surface area contributed by atoms with E-state index in [1.807, 2.05) is 12.1 Å². The fraction of sp³-hybridized carbons (Fsp3) is 0.611. The molecule has 1 N–H and O–H groups in total. The van der Waals surface area contributed by atoms with Gasteiger partial charge in [0.1, 0.15) is 0 Å². The number of aryl methyl sites for hydroxylation is 1. The van der Waals surface area contributed by atoms with Crippen molar-refractivity contribution in [2.45, 2.75) is 63.3 Å². The number of carbonyl (C=O) groups is 1. The first kappa shape index (κ1) is 18.9. The normalized spacial score (nSPS) is 15.8. The van der Waals surface area contributed by atoms with Gasteiger partial charge in [-0.05, 0) is 49.8 Å². The Morgan fingerprint density at radius 1 is 1.12 bits per heavy atom. The van der Waals surface area contributed by atoms with Gasteiger partial charge >= 0.3 is 0 Å². The molecule has 0 aliphatic carbocycles. The molecule has 6 heteroatoms. The van der Waals surface area contributed by atoms with Crippen molar-refractivity contribution in [3.8, 4) is 0 Å². The molecule has 0 bridgehead atoms. The summed E-state index contributed by atoms with van der Waals surface area (Å²) in [6.07, 6.45) is 4.78. The highest BCUT2D eigenvalue weighted by atomic mass is 32.2. The van der Waals surface area contributed by atoms with E-state index in [-0.39, 0.29) is 11.9 Å². The standard InChI is InChI=1S/C18H28N2O3S/c1-3-16(4-2)19-18(21)12-9-15-7-10-17(11-8-15)24(22,23)20-13-5-6-14-20/h7-8,10-11,16H,3-6,9,12-14H2,1-2H3,(H,19,21). The maximum atomic E-state index is 12.5. The second-order valence-electron chi connectivity index (χ2n) is 6.34. The summed E-state index contributed by atoms with van der Waals surface area (Å²) in [6.45, 7) is 5.35. The van der Waals surface area contributed by atoms with E-state index in [4.69, 9.17) is 0 Å². The van der Waals surface area contributed by atoms with E-state index in [1.165, 1.54) is 0 Å². The SMILES string of the molecule is CCC(CC)NC(=O)CCc1ccc(S(=O)(=O)N2CCCC2)cc1.